The summed E-state index contributed by atoms with van der Waals surface area (Å²) in [5.41, 5.74) is 7.39. The monoisotopic (exact) mass is 278 g/mol. The van der Waals surface area contributed by atoms with Crippen molar-refractivity contribution in [3.63, 3.8) is 0 Å². The van der Waals surface area contributed by atoms with Crippen molar-refractivity contribution in [3.8, 4) is 11.1 Å². The number of aromatic nitrogens is 1. The molecule has 0 bridgehead atoms. The highest BCUT2D eigenvalue weighted by Crippen LogP contribution is 2.45. The molecule has 3 aromatic rings. The maximum absolute atomic E-state index is 4.53. The smallest absolute Gasteiger partial charge is 0.0948 e. The summed E-state index contributed by atoms with van der Waals surface area (Å²) in [6, 6.07) is 13.0. The third-order valence-electron chi connectivity index (χ3n) is 3.92. The lowest BCUT2D eigenvalue weighted by Gasteiger charge is -2.22. The van der Waals surface area contributed by atoms with Gasteiger partial charge < -0.3 is 4.72 Å². The quantitative estimate of drug-likeness (QED) is 0.589. The summed E-state index contributed by atoms with van der Waals surface area (Å²) in [6.07, 6.45) is 1.85. The van der Waals surface area contributed by atoms with Gasteiger partial charge in [0, 0.05) is 22.0 Å². The van der Waals surface area contributed by atoms with Crippen molar-refractivity contribution in [3.05, 3.63) is 53.7 Å². The number of rotatable bonds is 0. The molecule has 0 aliphatic carbocycles. The highest BCUT2D eigenvalue weighted by atomic mass is 32.2. The Balaban J connectivity index is 2.05. The van der Waals surface area contributed by atoms with E-state index in [4.69, 9.17) is 0 Å². The van der Waals surface area contributed by atoms with E-state index in [2.05, 4.69) is 53.9 Å². The van der Waals surface area contributed by atoms with Crippen molar-refractivity contribution in [1.82, 2.24) is 4.98 Å². The topological polar surface area (TPSA) is 24.9 Å². The van der Waals surface area contributed by atoms with Crippen molar-refractivity contribution < 1.29 is 0 Å². The number of nitrogens with zero attached hydrogens (tertiary/aromatic N) is 1. The first-order chi connectivity index (χ1) is 9.74. The van der Waals surface area contributed by atoms with Gasteiger partial charge in [-0.2, -0.15) is 0 Å². The average molecular weight is 278 g/mol. The third-order valence-corrected chi connectivity index (χ3v) is 4.79. The Hall–Kier alpha value is -2.00. The van der Waals surface area contributed by atoms with Gasteiger partial charge in [-0.3, -0.25) is 4.98 Å². The number of anilines is 1. The predicted molar refractivity (Wildman–Crippen MR) is 86.1 cm³/mol. The molecule has 0 unspecified atom stereocenters. The van der Waals surface area contributed by atoms with Gasteiger partial charge in [0.15, 0.2) is 0 Å². The third kappa shape index (κ3) is 1.63. The zero-order chi connectivity index (χ0) is 13.7. The van der Waals surface area contributed by atoms with Crippen LogP contribution >= 0.6 is 11.9 Å². The second kappa shape index (κ2) is 4.25. The summed E-state index contributed by atoms with van der Waals surface area (Å²) in [5.74, 6) is 0. The van der Waals surface area contributed by atoms with Gasteiger partial charge >= 0.3 is 0 Å². The van der Waals surface area contributed by atoms with Gasteiger partial charge in [0.05, 0.1) is 11.2 Å². The van der Waals surface area contributed by atoms with Crippen LogP contribution in [0.1, 0.15) is 11.1 Å². The molecule has 0 saturated heterocycles. The minimum absolute atomic E-state index is 1.04. The van der Waals surface area contributed by atoms with Crippen molar-refractivity contribution >= 4 is 28.5 Å². The zero-order valence-electron chi connectivity index (χ0n) is 11.4. The molecule has 0 amide bonds. The Morgan fingerprint density at radius 2 is 1.85 bits per heavy atom. The molecule has 0 atom stereocenters. The van der Waals surface area contributed by atoms with Gasteiger partial charge in [-0.1, -0.05) is 18.2 Å². The van der Waals surface area contributed by atoms with Crippen LogP contribution in [0.2, 0.25) is 0 Å². The van der Waals surface area contributed by atoms with E-state index in [1.54, 1.807) is 11.9 Å². The average Bonchev–Trinajstić information content (AvgIpc) is 2.48. The van der Waals surface area contributed by atoms with Crippen LogP contribution < -0.4 is 4.72 Å². The molecule has 2 heterocycles. The van der Waals surface area contributed by atoms with Crippen molar-refractivity contribution in [2.45, 2.75) is 18.7 Å². The van der Waals surface area contributed by atoms with E-state index in [1.807, 2.05) is 12.3 Å². The number of pyridine rings is 1. The van der Waals surface area contributed by atoms with E-state index in [1.165, 1.54) is 32.5 Å². The van der Waals surface area contributed by atoms with E-state index in [0.717, 1.165) is 11.2 Å². The summed E-state index contributed by atoms with van der Waals surface area (Å²) in [4.78, 5) is 5.82. The van der Waals surface area contributed by atoms with Crippen molar-refractivity contribution in [1.29, 1.82) is 0 Å². The fourth-order valence-electron chi connectivity index (χ4n) is 2.66. The van der Waals surface area contributed by atoms with Gasteiger partial charge in [0.2, 0.25) is 0 Å². The Morgan fingerprint density at radius 3 is 2.75 bits per heavy atom. The molecule has 2 nitrogen and oxygen atoms in total. The molecular formula is C17H14N2S. The van der Waals surface area contributed by atoms with Gasteiger partial charge in [0.1, 0.15) is 0 Å². The Kier molecular flexibility index (Phi) is 2.51. The van der Waals surface area contributed by atoms with Gasteiger partial charge in [-0.05, 0) is 60.7 Å². The number of nitrogens with one attached hydrogen (secondary N) is 1. The van der Waals surface area contributed by atoms with Crippen molar-refractivity contribution in [2.24, 2.45) is 0 Å². The molecule has 1 aliphatic heterocycles. The van der Waals surface area contributed by atoms with Crippen LogP contribution in [0, 0.1) is 13.8 Å². The summed E-state index contributed by atoms with van der Waals surface area (Å²) in [6.45, 7) is 4.33. The van der Waals surface area contributed by atoms with Crippen LogP contribution in [0.4, 0.5) is 5.69 Å². The number of aryl methyl sites for hydroxylation is 2. The second-order valence-electron chi connectivity index (χ2n) is 5.20. The van der Waals surface area contributed by atoms with Gasteiger partial charge in [0.25, 0.3) is 0 Å². The molecule has 20 heavy (non-hydrogen) atoms. The first kappa shape index (κ1) is 11.8. The molecule has 2 aromatic carbocycles. The standard InChI is InChI=1S/C17H14N2S/c1-10-8-14-13-6-5-12-4-3-7-18-16(12)17(13)19-20-15(14)9-11(10)2/h3-9,19H,1-2H3. The second-order valence-corrected chi connectivity index (χ2v) is 6.05. The van der Waals surface area contributed by atoms with E-state index in [9.17, 15) is 0 Å². The molecule has 0 spiro atoms. The normalized spacial score (nSPS) is 12.7. The molecule has 1 N–H and O–H groups in total. The van der Waals surface area contributed by atoms with Crippen LogP contribution in [-0.4, -0.2) is 4.98 Å². The fraction of sp³-hybridized carbons (Fsp3) is 0.118. The summed E-state index contributed by atoms with van der Waals surface area (Å²) < 4.78 is 3.46. The molecular weight excluding hydrogens is 264 g/mol. The van der Waals surface area contributed by atoms with Gasteiger partial charge in [-0.25, -0.2) is 0 Å². The molecule has 0 fully saturated rings. The first-order valence-corrected chi connectivity index (χ1v) is 7.48. The predicted octanol–water partition coefficient (Wildman–Crippen LogP) is 4.95. The highest BCUT2D eigenvalue weighted by Gasteiger charge is 2.19. The summed E-state index contributed by atoms with van der Waals surface area (Å²) in [7, 11) is 0. The molecule has 0 saturated carbocycles. The summed E-state index contributed by atoms with van der Waals surface area (Å²) >= 11 is 1.68. The summed E-state index contributed by atoms with van der Waals surface area (Å²) in [5, 5.41) is 1.17. The van der Waals surface area contributed by atoms with E-state index in [0.29, 0.717) is 0 Å². The largest absolute Gasteiger partial charge is 0.323 e. The maximum Gasteiger partial charge on any atom is 0.0948 e. The van der Waals surface area contributed by atoms with Crippen LogP contribution in [0.5, 0.6) is 0 Å². The van der Waals surface area contributed by atoms with E-state index in [-0.39, 0.29) is 0 Å². The molecule has 0 radical (unpaired) electrons. The first-order valence-electron chi connectivity index (χ1n) is 6.66. The van der Waals surface area contributed by atoms with Crippen LogP contribution in [0.15, 0.2) is 47.5 Å². The lowest BCUT2D eigenvalue weighted by molar-refractivity contribution is 1.27. The van der Waals surface area contributed by atoms with Crippen molar-refractivity contribution in [2.75, 3.05) is 4.72 Å². The molecule has 1 aromatic heterocycles. The Bertz CT molecular complexity index is 840. The highest BCUT2D eigenvalue weighted by molar-refractivity contribution is 8.00. The Labute approximate surface area is 122 Å². The SMILES string of the molecule is Cc1cc2c(cc1C)-c1ccc3cccnc3c1NS2. The number of benzene rings is 2. The zero-order valence-corrected chi connectivity index (χ0v) is 12.2. The van der Waals surface area contributed by atoms with Crippen LogP contribution in [-0.2, 0) is 0 Å². The molecule has 4 rings (SSSR count). The number of fused-ring (bicyclic) bond motifs is 5. The lowest BCUT2D eigenvalue weighted by atomic mass is 9.97. The maximum atomic E-state index is 4.53. The van der Waals surface area contributed by atoms with Crippen LogP contribution in [0.25, 0.3) is 22.0 Å². The Morgan fingerprint density at radius 1 is 1.00 bits per heavy atom. The molecule has 98 valence electrons. The van der Waals surface area contributed by atoms with E-state index >= 15 is 0 Å². The number of hydrogen-bond acceptors (Lipinski definition) is 3. The number of hydrogen-bond donors (Lipinski definition) is 1. The lowest BCUT2D eigenvalue weighted by Crippen LogP contribution is -2.01. The minimum atomic E-state index is 1.04. The molecule has 1 aliphatic rings. The molecule has 3 heteroatoms. The van der Waals surface area contributed by atoms with E-state index < -0.39 is 0 Å². The van der Waals surface area contributed by atoms with Gasteiger partial charge in [-0.15, -0.1) is 0 Å². The van der Waals surface area contributed by atoms with Crippen LogP contribution in [0.3, 0.4) is 0 Å². The fourth-order valence-corrected chi connectivity index (χ4v) is 3.60. The minimum Gasteiger partial charge on any atom is -0.323 e.